The standard InChI is InChI=1S/C15H22F3N5O4S/c16-15(17,18)10-19-14(24)13-9-12(20-21-13)11-1-3-22(4-2-11)28(25,26)23-5-7-27-8-6-23/h9,11H,1-8,10H2,(H,19,24)(H,20,21). The first-order valence-corrected chi connectivity index (χ1v) is 10.3. The smallest absolute Gasteiger partial charge is 0.379 e. The van der Waals surface area contributed by atoms with Crippen LogP contribution < -0.4 is 5.32 Å². The van der Waals surface area contributed by atoms with Crippen molar-refractivity contribution in [2.75, 3.05) is 45.9 Å². The molecule has 0 aromatic carbocycles. The number of carbonyl (C=O) groups is 1. The number of aromatic nitrogens is 2. The molecule has 158 valence electrons. The average Bonchev–Trinajstić information content (AvgIpc) is 3.16. The molecule has 2 saturated heterocycles. The summed E-state index contributed by atoms with van der Waals surface area (Å²) in [5.74, 6) is -0.958. The molecule has 0 saturated carbocycles. The molecular formula is C15H22F3N5O4S. The van der Waals surface area contributed by atoms with E-state index in [9.17, 15) is 26.4 Å². The van der Waals surface area contributed by atoms with Gasteiger partial charge in [-0.15, -0.1) is 0 Å². The van der Waals surface area contributed by atoms with Gasteiger partial charge in [-0.3, -0.25) is 9.89 Å². The van der Waals surface area contributed by atoms with Crippen molar-refractivity contribution in [1.29, 1.82) is 0 Å². The van der Waals surface area contributed by atoms with Crippen molar-refractivity contribution in [1.82, 2.24) is 24.1 Å². The molecule has 2 aliphatic rings. The molecule has 2 aliphatic heterocycles. The summed E-state index contributed by atoms with van der Waals surface area (Å²) in [6, 6.07) is 1.42. The third-order valence-electron chi connectivity index (χ3n) is 4.80. The first-order chi connectivity index (χ1) is 13.2. The molecule has 1 aromatic rings. The van der Waals surface area contributed by atoms with Crippen molar-refractivity contribution in [3.63, 3.8) is 0 Å². The number of hydrogen-bond acceptors (Lipinski definition) is 5. The van der Waals surface area contributed by atoms with E-state index in [2.05, 4.69) is 10.2 Å². The lowest BCUT2D eigenvalue weighted by Gasteiger charge is -2.35. The number of rotatable bonds is 5. The fourth-order valence-electron chi connectivity index (χ4n) is 3.27. The normalized spacial score (nSPS) is 21.0. The van der Waals surface area contributed by atoms with E-state index in [1.165, 1.54) is 14.7 Å². The van der Waals surface area contributed by atoms with Gasteiger partial charge in [-0.05, 0) is 18.9 Å². The number of halogens is 3. The predicted molar refractivity (Wildman–Crippen MR) is 91.8 cm³/mol. The maximum Gasteiger partial charge on any atom is 0.405 e. The van der Waals surface area contributed by atoms with E-state index in [0.717, 1.165) is 0 Å². The first-order valence-electron chi connectivity index (χ1n) is 8.90. The highest BCUT2D eigenvalue weighted by Crippen LogP contribution is 2.29. The van der Waals surface area contributed by atoms with Crippen LogP contribution in [-0.4, -0.2) is 85.2 Å². The topological polar surface area (TPSA) is 108 Å². The van der Waals surface area contributed by atoms with Crippen molar-refractivity contribution >= 4 is 16.1 Å². The number of nitrogens with zero attached hydrogens (tertiary/aromatic N) is 3. The molecule has 0 bridgehead atoms. The van der Waals surface area contributed by atoms with Gasteiger partial charge in [0.25, 0.3) is 16.1 Å². The SMILES string of the molecule is O=C(NCC(F)(F)F)c1cc(C2CCN(S(=O)(=O)N3CCOCC3)CC2)[nH]n1. The Labute approximate surface area is 160 Å². The van der Waals surface area contributed by atoms with Crippen molar-refractivity contribution < 1.29 is 31.1 Å². The van der Waals surface area contributed by atoms with Gasteiger partial charge in [0.15, 0.2) is 0 Å². The number of ether oxygens (including phenoxy) is 1. The molecule has 28 heavy (non-hydrogen) atoms. The number of aromatic amines is 1. The minimum Gasteiger partial charge on any atom is -0.379 e. The molecule has 1 aromatic heterocycles. The van der Waals surface area contributed by atoms with Crippen LogP contribution in [0.2, 0.25) is 0 Å². The average molecular weight is 425 g/mol. The Morgan fingerprint density at radius 3 is 2.43 bits per heavy atom. The van der Waals surface area contributed by atoms with Crippen LogP contribution in [0.15, 0.2) is 6.07 Å². The number of H-pyrrole nitrogens is 1. The van der Waals surface area contributed by atoms with Gasteiger partial charge in [-0.25, -0.2) is 0 Å². The Balaban J connectivity index is 1.55. The number of alkyl halides is 3. The fourth-order valence-corrected chi connectivity index (χ4v) is 4.88. The van der Waals surface area contributed by atoms with E-state index in [-0.39, 0.29) is 11.6 Å². The number of carbonyl (C=O) groups excluding carboxylic acids is 1. The van der Waals surface area contributed by atoms with Gasteiger partial charge in [0, 0.05) is 37.8 Å². The maximum atomic E-state index is 12.7. The summed E-state index contributed by atoms with van der Waals surface area (Å²) in [6.45, 7) is 0.633. The quantitative estimate of drug-likeness (QED) is 0.713. The lowest BCUT2D eigenvalue weighted by Crippen LogP contribution is -2.50. The van der Waals surface area contributed by atoms with Crippen LogP contribution >= 0.6 is 0 Å². The van der Waals surface area contributed by atoms with Gasteiger partial charge in [0.1, 0.15) is 12.2 Å². The monoisotopic (exact) mass is 425 g/mol. The molecule has 3 rings (SSSR count). The molecule has 0 radical (unpaired) electrons. The fraction of sp³-hybridized carbons (Fsp3) is 0.733. The molecule has 9 nitrogen and oxygen atoms in total. The molecule has 2 N–H and O–H groups in total. The largest absolute Gasteiger partial charge is 0.405 e. The van der Waals surface area contributed by atoms with E-state index in [1.807, 2.05) is 0 Å². The van der Waals surface area contributed by atoms with E-state index in [1.54, 1.807) is 5.32 Å². The molecule has 0 spiro atoms. The molecule has 0 atom stereocenters. The van der Waals surface area contributed by atoms with E-state index in [4.69, 9.17) is 4.74 Å². The highest BCUT2D eigenvalue weighted by molar-refractivity contribution is 7.86. The minimum atomic E-state index is -4.49. The number of piperidine rings is 1. The summed E-state index contributed by atoms with van der Waals surface area (Å²) in [7, 11) is -3.53. The van der Waals surface area contributed by atoms with Crippen LogP contribution in [0.4, 0.5) is 13.2 Å². The van der Waals surface area contributed by atoms with Gasteiger partial charge in [0.05, 0.1) is 13.2 Å². The van der Waals surface area contributed by atoms with Crippen LogP contribution in [0.1, 0.15) is 34.9 Å². The van der Waals surface area contributed by atoms with Crippen LogP contribution in [0.5, 0.6) is 0 Å². The highest BCUT2D eigenvalue weighted by atomic mass is 32.2. The molecule has 13 heteroatoms. The second kappa shape index (κ2) is 8.35. The zero-order chi connectivity index (χ0) is 20.4. The Bertz CT molecular complexity index is 784. The summed E-state index contributed by atoms with van der Waals surface area (Å²) >= 11 is 0. The predicted octanol–water partition coefficient (Wildman–Crippen LogP) is 0.458. The van der Waals surface area contributed by atoms with Gasteiger partial charge in [-0.2, -0.15) is 35.3 Å². The van der Waals surface area contributed by atoms with Gasteiger partial charge < -0.3 is 10.1 Å². The minimum absolute atomic E-state index is 0.0483. The van der Waals surface area contributed by atoms with Crippen LogP contribution in [0.3, 0.4) is 0 Å². The van der Waals surface area contributed by atoms with Crippen LogP contribution in [0, 0.1) is 0 Å². The summed E-state index contributed by atoms with van der Waals surface area (Å²) in [5.41, 5.74) is 0.489. The van der Waals surface area contributed by atoms with E-state index >= 15 is 0 Å². The van der Waals surface area contributed by atoms with Crippen molar-refractivity contribution in [2.45, 2.75) is 24.9 Å². The number of nitrogens with one attached hydrogen (secondary N) is 2. The van der Waals surface area contributed by atoms with Crippen LogP contribution in [-0.2, 0) is 14.9 Å². The molecule has 0 aliphatic carbocycles. The number of amides is 1. The second-order valence-corrected chi connectivity index (χ2v) is 8.63. The highest BCUT2D eigenvalue weighted by Gasteiger charge is 2.35. The molecule has 3 heterocycles. The molecule has 1 amide bonds. The van der Waals surface area contributed by atoms with Crippen molar-refractivity contribution in [3.05, 3.63) is 17.5 Å². The zero-order valence-corrected chi connectivity index (χ0v) is 15.9. The van der Waals surface area contributed by atoms with E-state index in [0.29, 0.717) is 57.9 Å². The third-order valence-corrected chi connectivity index (χ3v) is 6.83. The van der Waals surface area contributed by atoms with Gasteiger partial charge in [-0.1, -0.05) is 0 Å². The molecular weight excluding hydrogens is 403 g/mol. The summed E-state index contributed by atoms with van der Waals surface area (Å²) in [5, 5.41) is 8.23. The zero-order valence-electron chi connectivity index (χ0n) is 15.0. The van der Waals surface area contributed by atoms with Crippen molar-refractivity contribution in [2.24, 2.45) is 0 Å². The maximum absolute atomic E-state index is 12.7. The van der Waals surface area contributed by atoms with Gasteiger partial charge in [0.2, 0.25) is 0 Å². The number of hydrogen-bond donors (Lipinski definition) is 2. The van der Waals surface area contributed by atoms with Crippen molar-refractivity contribution in [3.8, 4) is 0 Å². The summed E-state index contributed by atoms with van der Waals surface area (Å²) < 4.78 is 69.9. The second-order valence-electron chi connectivity index (χ2n) is 6.70. The van der Waals surface area contributed by atoms with E-state index < -0.39 is 28.8 Å². The molecule has 0 unspecified atom stereocenters. The summed E-state index contributed by atoms with van der Waals surface area (Å²) in [6.07, 6.45) is -3.45. The van der Waals surface area contributed by atoms with Gasteiger partial charge >= 0.3 is 6.18 Å². The van der Waals surface area contributed by atoms with Crippen LogP contribution in [0.25, 0.3) is 0 Å². The summed E-state index contributed by atoms with van der Waals surface area (Å²) in [4.78, 5) is 11.7. The third kappa shape index (κ3) is 5.01. The Morgan fingerprint density at radius 1 is 1.21 bits per heavy atom. The molecule has 2 fully saturated rings. The first kappa shape index (κ1) is 21.0. The Kier molecular flexibility index (Phi) is 6.27. The lowest BCUT2D eigenvalue weighted by molar-refractivity contribution is -0.123. The Hall–Kier alpha value is -1.70. The lowest BCUT2D eigenvalue weighted by atomic mass is 9.94. The Morgan fingerprint density at radius 2 is 1.82 bits per heavy atom. The number of morpholine rings is 1.